The summed E-state index contributed by atoms with van der Waals surface area (Å²) >= 11 is 0. The van der Waals surface area contributed by atoms with E-state index >= 15 is 0 Å². The van der Waals surface area contributed by atoms with E-state index in [1.807, 2.05) is 0 Å². The van der Waals surface area contributed by atoms with Gasteiger partial charge in [0.05, 0.1) is 0 Å². The second-order valence-electron chi connectivity index (χ2n) is 22.7. The third kappa shape index (κ3) is 65.1. The van der Waals surface area contributed by atoms with E-state index < -0.39 is 6.10 Å². The molecule has 0 saturated heterocycles. The van der Waals surface area contributed by atoms with Gasteiger partial charge in [0.2, 0.25) is 0 Å². The molecule has 460 valence electrons. The van der Waals surface area contributed by atoms with Crippen molar-refractivity contribution in [3.05, 3.63) is 97.2 Å². The molecule has 6 heteroatoms. The van der Waals surface area contributed by atoms with Crippen LogP contribution in [0.2, 0.25) is 0 Å². The minimum atomic E-state index is -0.783. The highest BCUT2D eigenvalue weighted by atomic mass is 16.6. The first kappa shape index (κ1) is 76.3. The topological polar surface area (TPSA) is 78.9 Å². The quantitative estimate of drug-likeness (QED) is 0.0261. The van der Waals surface area contributed by atoms with E-state index in [-0.39, 0.29) is 31.1 Å². The number of carbonyl (C=O) groups is 3. The van der Waals surface area contributed by atoms with Crippen LogP contribution >= 0.6 is 0 Å². The molecule has 0 aliphatic rings. The Morgan fingerprint density at radius 1 is 0.263 bits per heavy atom. The lowest BCUT2D eigenvalue weighted by atomic mass is 10.0. The maximum absolute atomic E-state index is 12.9. The number of carbonyl (C=O) groups excluding carboxylic acids is 3. The van der Waals surface area contributed by atoms with E-state index in [4.69, 9.17) is 14.2 Å². The monoisotopic (exact) mass is 1110 g/mol. The Hall–Kier alpha value is -3.67. The van der Waals surface area contributed by atoms with Gasteiger partial charge in [-0.25, -0.2) is 0 Å². The minimum absolute atomic E-state index is 0.0794. The highest BCUT2D eigenvalue weighted by Crippen LogP contribution is 2.17. The Kier molecular flexibility index (Phi) is 64.7. The summed E-state index contributed by atoms with van der Waals surface area (Å²) in [5, 5.41) is 0. The molecule has 0 radical (unpaired) electrons. The molecule has 0 N–H and O–H groups in total. The molecule has 0 saturated carbocycles. The van der Waals surface area contributed by atoms with Gasteiger partial charge in [-0.1, -0.05) is 298 Å². The molecule has 0 aliphatic heterocycles. The SMILES string of the molecule is CC/C=C\C/C=C\C/C=C\C/C=C\C/C=C\CCCCCCCCCCCCCCCCCC(=O)OCC(COC(=O)CCCCCCC/C=C\CCC)OC(=O)CCCCCCCCCCC/C=C\C/C=C\CCCCCCC. The van der Waals surface area contributed by atoms with Gasteiger partial charge in [0, 0.05) is 19.3 Å². The Balaban J connectivity index is 4.17. The van der Waals surface area contributed by atoms with E-state index in [9.17, 15) is 14.4 Å². The Labute approximate surface area is 496 Å². The van der Waals surface area contributed by atoms with E-state index in [1.54, 1.807) is 0 Å². The molecule has 0 aromatic rings. The van der Waals surface area contributed by atoms with E-state index in [2.05, 4.69) is 118 Å². The van der Waals surface area contributed by atoms with Gasteiger partial charge in [-0.15, -0.1) is 0 Å². The highest BCUT2D eigenvalue weighted by molar-refractivity contribution is 5.71. The van der Waals surface area contributed by atoms with Crippen molar-refractivity contribution < 1.29 is 28.6 Å². The zero-order valence-corrected chi connectivity index (χ0v) is 52.8. The second-order valence-corrected chi connectivity index (χ2v) is 22.7. The lowest BCUT2D eigenvalue weighted by molar-refractivity contribution is -0.167. The first-order chi connectivity index (χ1) is 39.5. The summed E-state index contributed by atoms with van der Waals surface area (Å²) in [6.07, 6.45) is 91.5. The number of allylic oxidation sites excluding steroid dienone is 16. The van der Waals surface area contributed by atoms with Crippen LogP contribution in [0.1, 0.15) is 335 Å². The summed E-state index contributed by atoms with van der Waals surface area (Å²) in [6.45, 7) is 6.48. The number of rotatable bonds is 62. The van der Waals surface area contributed by atoms with Crippen molar-refractivity contribution in [3.63, 3.8) is 0 Å². The van der Waals surface area contributed by atoms with Gasteiger partial charge in [-0.3, -0.25) is 14.4 Å². The van der Waals surface area contributed by atoms with E-state index in [0.717, 1.165) is 109 Å². The van der Waals surface area contributed by atoms with Gasteiger partial charge >= 0.3 is 17.9 Å². The molecule has 6 nitrogen and oxygen atoms in total. The molecule has 0 amide bonds. The van der Waals surface area contributed by atoms with Crippen molar-refractivity contribution in [2.45, 2.75) is 341 Å². The van der Waals surface area contributed by atoms with Crippen LogP contribution in [0.25, 0.3) is 0 Å². The fourth-order valence-corrected chi connectivity index (χ4v) is 9.68. The predicted octanol–water partition coefficient (Wildman–Crippen LogP) is 23.6. The molecule has 80 heavy (non-hydrogen) atoms. The summed E-state index contributed by atoms with van der Waals surface area (Å²) in [5.41, 5.74) is 0. The smallest absolute Gasteiger partial charge is 0.306 e. The van der Waals surface area contributed by atoms with Crippen molar-refractivity contribution in [2.75, 3.05) is 13.2 Å². The first-order valence-corrected chi connectivity index (χ1v) is 34.2. The molecule has 0 fully saturated rings. The van der Waals surface area contributed by atoms with E-state index in [0.29, 0.717) is 19.3 Å². The minimum Gasteiger partial charge on any atom is -0.462 e. The third-order valence-electron chi connectivity index (χ3n) is 14.8. The maximum atomic E-state index is 12.9. The summed E-state index contributed by atoms with van der Waals surface area (Å²) in [4.78, 5) is 38.3. The maximum Gasteiger partial charge on any atom is 0.306 e. The molecule has 0 rings (SSSR count). The predicted molar refractivity (Wildman–Crippen MR) is 348 cm³/mol. The van der Waals surface area contributed by atoms with Gasteiger partial charge in [0.25, 0.3) is 0 Å². The van der Waals surface area contributed by atoms with Crippen molar-refractivity contribution in [1.82, 2.24) is 0 Å². The van der Waals surface area contributed by atoms with Crippen molar-refractivity contribution in [2.24, 2.45) is 0 Å². The van der Waals surface area contributed by atoms with Gasteiger partial charge < -0.3 is 14.2 Å². The average molecular weight is 1110 g/mol. The summed E-state index contributed by atoms with van der Waals surface area (Å²) in [7, 11) is 0. The summed E-state index contributed by atoms with van der Waals surface area (Å²) in [6, 6.07) is 0. The summed E-state index contributed by atoms with van der Waals surface area (Å²) < 4.78 is 16.9. The van der Waals surface area contributed by atoms with Crippen LogP contribution in [0, 0.1) is 0 Å². The molecule has 0 aliphatic carbocycles. The first-order valence-electron chi connectivity index (χ1n) is 34.2. The van der Waals surface area contributed by atoms with Crippen LogP contribution in [0.3, 0.4) is 0 Å². The number of hydrogen-bond donors (Lipinski definition) is 0. The van der Waals surface area contributed by atoms with Crippen molar-refractivity contribution >= 4 is 17.9 Å². The normalized spacial score (nSPS) is 12.7. The van der Waals surface area contributed by atoms with Crippen molar-refractivity contribution in [1.29, 1.82) is 0 Å². The zero-order valence-electron chi connectivity index (χ0n) is 52.8. The molecular weight excluding hydrogens is 985 g/mol. The fraction of sp³-hybridized carbons (Fsp3) is 0.743. The van der Waals surface area contributed by atoms with Crippen LogP contribution in [0.5, 0.6) is 0 Å². The van der Waals surface area contributed by atoms with Gasteiger partial charge in [0.15, 0.2) is 6.10 Å². The lowest BCUT2D eigenvalue weighted by Gasteiger charge is -2.18. The van der Waals surface area contributed by atoms with Gasteiger partial charge in [0.1, 0.15) is 13.2 Å². The standard InChI is InChI=1S/C74H128O6/c1-4-7-10-13-16-19-22-24-26-28-30-32-33-34-35-36-37-38-39-40-41-43-44-46-48-50-52-55-58-61-64-67-73(76)79-70-71(69-78-72(75)66-63-60-57-54-21-18-15-12-9-6-3)80-74(77)68-65-62-59-56-53-51-49-47-45-42-31-29-27-25-23-20-17-14-11-8-5-2/h7,10,12,15-16,19,23-26,29-32,34-35,71H,4-6,8-9,11,13-14,17-18,20-22,27-28,33,36-70H2,1-3H3/b10-7-,15-12-,19-16-,25-23-,26-24-,31-29-,32-30-,35-34-. The Morgan fingerprint density at radius 2 is 0.512 bits per heavy atom. The van der Waals surface area contributed by atoms with Gasteiger partial charge in [-0.2, -0.15) is 0 Å². The van der Waals surface area contributed by atoms with Gasteiger partial charge in [-0.05, 0) is 116 Å². The Morgan fingerprint density at radius 3 is 0.825 bits per heavy atom. The Bertz CT molecular complexity index is 1560. The van der Waals surface area contributed by atoms with Crippen LogP contribution in [-0.4, -0.2) is 37.2 Å². The van der Waals surface area contributed by atoms with Crippen LogP contribution in [0.15, 0.2) is 97.2 Å². The molecule has 1 unspecified atom stereocenters. The van der Waals surface area contributed by atoms with Crippen LogP contribution in [0.4, 0.5) is 0 Å². The zero-order chi connectivity index (χ0) is 57.8. The van der Waals surface area contributed by atoms with Crippen LogP contribution in [-0.2, 0) is 28.6 Å². The van der Waals surface area contributed by atoms with Crippen LogP contribution < -0.4 is 0 Å². The summed E-state index contributed by atoms with van der Waals surface area (Å²) in [5.74, 6) is -0.882. The average Bonchev–Trinajstić information content (AvgIpc) is 3.46. The number of unbranched alkanes of at least 4 members (excludes halogenated alkanes) is 35. The van der Waals surface area contributed by atoms with Crippen molar-refractivity contribution in [3.8, 4) is 0 Å². The molecular formula is C74H128O6. The fourth-order valence-electron chi connectivity index (χ4n) is 9.68. The second kappa shape index (κ2) is 67.8. The number of hydrogen-bond acceptors (Lipinski definition) is 6. The third-order valence-corrected chi connectivity index (χ3v) is 14.8. The number of ether oxygens (including phenoxy) is 3. The molecule has 0 spiro atoms. The molecule has 1 atom stereocenters. The van der Waals surface area contributed by atoms with E-state index in [1.165, 1.54) is 186 Å². The molecule has 0 aromatic heterocycles. The lowest BCUT2D eigenvalue weighted by Crippen LogP contribution is -2.30. The number of esters is 3. The molecule has 0 aromatic carbocycles. The molecule has 0 heterocycles. The highest BCUT2D eigenvalue weighted by Gasteiger charge is 2.19. The largest absolute Gasteiger partial charge is 0.462 e. The molecule has 0 bridgehead atoms.